The Hall–Kier alpha value is -1.84. The highest BCUT2D eigenvalue weighted by molar-refractivity contribution is 6.08. The molecule has 0 bridgehead atoms. The lowest BCUT2D eigenvalue weighted by atomic mass is 10.1. The van der Waals surface area contributed by atoms with E-state index in [1.807, 2.05) is 6.92 Å². The maximum absolute atomic E-state index is 12.0. The second-order valence-electron chi connectivity index (χ2n) is 3.50. The van der Waals surface area contributed by atoms with Crippen LogP contribution in [0, 0.1) is 13.8 Å². The summed E-state index contributed by atoms with van der Waals surface area (Å²) in [4.78, 5) is 12.0. The molecule has 4 nitrogen and oxygen atoms in total. The molecule has 0 spiro atoms. The van der Waals surface area contributed by atoms with E-state index in [0.717, 1.165) is 5.76 Å². The molecule has 4 heteroatoms. The van der Waals surface area contributed by atoms with Crippen LogP contribution in [0.5, 0.6) is 0 Å². The highest BCUT2D eigenvalue weighted by atomic mass is 16.3. The molecule has 2 aromatic heterocycles. The van der Waals surface area contributed by atoms with Gasteiger partial charge >= 0.3 is 0 Å². The standard InChI is InChI=1S/C11H12N2O2/c1-7-6-9(8(2)15-7)11(14)10-4-5-12-13(10)3/h4-6H,1-3H3. The van der Waals surface area contributed by atoms with Gasteiger partial charge in [-0.05, 0) is 26.0 Å². The molecule has 2 rings (SSSR count). The van der Waals surface area contributed by atoms with Gasteiger partial charge in [-0.2, -0.15) is 5.10 Å². The first-order chi connectivity index (χ1) is 7.09. The smallest absolute Gasteiger partial charge is 0.214 e. The molecule has 2 heterocycles. The third kappa shape index (κ3) is 1.58. The third-order valence-corrected chi connectivity index (χ3v) is 2.34. The van der Waals surface area contributed by atoms with E-state index >= 15 is 0 Å². The minimum Gasteiger partial charge on any atom is -0.466 e. The molecule has 0 unspecified atom stereocenters. The van der Waals surface area contributed by atoms with Crippen molar-refractivity contribution in [3.63, 3.8) is 0 Å². The minimum absolute atomic E-state index is 0.0515. The van der Waals surface area contributed by atoms with Crippen LogP contribution < -0.4 is 0 Å². The number of aryl methyl sites for hydroxylation is 3. The predicted molar refractivity (Wildman–Crippen MR) is 54.8 cm³/mol. The van der Waals surface area contributed by atoms with Crippen LogP contribution in [-0.2, 0) is 7.05 Å². The molecule has 78 valence electrons. The second-order valence-corrected chi connectivity index (χ2v) is 3.50. The van der Waals surface area contributed by atoms with E-state index in [1.165, 1.54) is 0 Å². The Morgan fingerprint density at radius 1 is 1.47 bits per heavy atom. The van der Waals surface area contributed by atoms with Crippen LogP contribution in [0.2, 0.25) is 0 Å². The molecule has 0 amide bonds. The van der Waals surface area contributed by atoms with Gasteiger partial charge in [0.05, 0.1) is 5.56 Å². The molecular formula is C11H12N2O2. The molecule has 0 saturated heterocycles. The molecule has 2 aromatic rings. The average Bonchev–Trinajstić information content (AvgIpc) is 2.71. The summed E-state index contributed by atoms with van der Waals surface area (Å²) >= 11 is 0. The number of ketones is 1. The number of hydrogen-bond acceptors (Lipinski definition) is 3. The summed E-state index contributed by atoms with van der Waals surface area (Å²) in [5.74, 6) is 1.35. The van der Waals surface area contributed by atoms with Crippen molar-refractivity contribution in [2.75, 3.05) is 0 Å². The monoisotopic (exact) mass is 204 g/mol. The topological polar surface area (TPSA) is 48.0 Å². The van der Waals surface area contributed by atoms with Gasteiger partial charge in [-0.25, -0.2) is 0 Å². The first kappa shape index (κ1) is 9.71. The molecule has 0 aliphatic rings. The highest BCUT2D eigenvalue weighted by Gasteiger charge is 2.17. The maximum Gasteiger partial charge on any atom is 0.214 e. The maximum atomic E-state index is 12.0. The van der Waals surface area contributed by atoms with Gasteiger partial charge < -0.3 is 4.42 Å². The van der Waals surface area contributed by atoms with E-state index in [4.69, 9.17) is 4.42 Å². The van der Waals surface area contributed by atoms with Crippen LogP contribution in [-0.4, -0.2) is 15.6 Å². The van der Waals surface area contributed by atoms with Crippen molar-refractivity contribution in [3.05, 3.63) is 41.1 Å². The third-order valence-electron chi connectivity index (χ3n) is 2.34. The van der Waals surface area contributed by atoms with Crippen molar-refractivity contribution < 1.29 is 9.21 Å². The zero-order chi connectivity index (χ0) is 11.0. The molecule has 0 aromatic carbocycles. The number of carbonyl (C=O) groups is 1. The summed E-state index contributed by atoms with van der Waals surface area (Å²) in [6.45, 7) is 3.61. The normalized spacial score (nSPS) is 10.6. The average molecular weight is 204 g/mol. The molecular weight excluding hydrogens is 192 g/mol. The Bertz CT molecular complexity index is 508. The minimum atomic E-state index is -0.0515. The zero-order valence-electron chi connectivity index (χ0n) is 8.94. The van der Waals surface area contributed by atoms with Gasteiger partial charge in [0.1, 0.15) is 17.2 Å². The number of furan rings is 1. The van der Waals surface area contributed by atoms with E-state index in [2.05, 4.69) is 5.10 Å². The van der Waals surface area contributed by atoms with Gasteiger partial charge in [0, 0.05) is 13.2 Å². The fraction of sp³-hybridized carbons (Fsp3) is 0.273. The lowest BCUT2D eigenvalue weighted by Crippen LogP contribution is -2.08. The van der Waals surface area contributed by atoms with E-state index < -0.39 is 0 Å². The molecule has 0 aliphatic carbocycles. The van der Waals surface area contributed by atoms with Crippen LogP contribution in [0.25, 0.3) is 0 Å². The quantitative estimate of drug-likeness (QED) is 0.701. The number of aromatic nitrogens is 2. The fourth-order valence-electron chi connectivity index (χ4n) is 1.59. The van der Waals surface area contributed by atoms with Crippen LogP contribution in [0.4, 0.5) is 0 Å². The van der Waals surface area contributed by atoms with Gasteiger partial charge in [0.2, 0.25) is 5.78 Å². The van der Waals surface area contributed by atoms with Crippen LogP contribution in [0.1, 0.15) is 27.6 Å². The lowest BCUT2D eigenvalue weighted by Gasteiger charge is -1.98. The molecule has 0 radical (unpaired) electrons. The predicted octanol–water partition coefficient (Wildman–Crippen LogP) is 1.86. The zero-order valence-corrected chi connectivity index (χ0v) is 8.94. The Morgan fingerprint density at radius 3 is 2.67 bits per heavy atom. The second kappa shape index (κ2) is 3.38. The Labute approximate surface area is 87.5 Å². The SMILES string of the molecule is Cc1cc(C(=O)c2ccnn2C)c(C)o1. The van der Waals surface area contributed by atoms with Crippen molar-refractivity contribution in [1.29, 1.82) is 0 Å². The Morgan fingerprint density at radius 2 is 2.20 bits per heavy atom. The van der Waals surface area contributed by atoms with Gasteiger partial charge in [0.15, 0.2) is 0 Å². The first-order valence-corrected chi connectivity index (χ1v) is 4.69. The van der Waals surface area contributed by atoms with Gasteiger partial charge in [0.25, 0.3) is 0 Å². The largest absolute Gasteiger partial charge is 0.466 e. The van der Waals surface area contributed by atoms with Crippen LogP contribution in [0.15, 0.2) is 22.7 Å². The number of hydrogen-bond donors (Lipinski definition) is 0. The van der Waals surface area contributed by atoms with Gasteiger partial charge in [-0.1, -0.05) is 0 Å². The van der Waals surface area contributed by atoms with Gasteiger partial charge in [-0.3, -0.25) is 9.48 Å². The summed E-state index contributed by atoms with van der Waals surface area (Å²) in [5.41, 5.74) is 1.18. The molecule has 0 N–H and O–H groups in total. The lowest BCUT2D eigenvalue weighted by molar-refractivity contribution is 0.102. The van der Waals surface area contributed by atoms with Crippen molar-refractivity contribution in [3.8, 4) is 0 Å². The molecule has 15 heavy (non-hydrogen) atoms. The first-order valence-electron chi connectivity index (χ1n) is 4.69. The van der Waals surface area contributed by atoms with Crippen molar-refractivity contribution in [1.82, 2.24) is 9.78 Å². The summed E-state index contributed by atoms with van der Waals surface area (Å²) in [5, 5.41) is 3.96. The molecule has 0 atom stereocenters. The van der Waals surface area contributed by atoms with Crippen molar-refractivity contribution in [2.45, 2.75) is 13.8 Å². The molecule has 0 aliphatic heterocycles. The molecule has 0 saturated carbocycles. The Balaban J connectivity index is 2.45. The fourth-order valence-corrected chi connectivity index (χ4v) is 1.59. The van der Waals surface area contributed by atoms with Crippen LogP contribution in [0.3, 0.4) is 0 Å². The van der Waals surface area contributed by atoms with E-state index in [0.29, 0.717) is 17.0 Å². The van der Waals surface area contributed by atoms with Gasteiger partial charge in [-0.15, -0.1) is 0 Å². The number of carbonyl (C=O) groups excluding carboxylic acids is 1. The van der Waals surface area contributed by atoms with Crippen molar-refractivity contribution in [2.24, 2.45) is 7.05 Å². The summed E-state index contributed by atoms with van der Waals surface area (Å²) in [7, 11) is 1.75. The van der Waals surface area contributed by atoms with Crippen molar-refractivity contribution >= 4 is 5.78 Å². The van der Waals surface area contributed by atoms with E-state index in [9.17, 15) is 4.79 Å². The summed E-state index contributed by atoms with van der Waals surface area (Å²) in [6.07, 6.45) is 1.61. The summed E-state index contributed by atoms with van der Waals surface area (Å²) in [6, 6.07) is 3.45. The summed E-state index contributed by atoms with van der Waals surface area (Å²) < 4.78 is 6.88. The van der Waals surface area contributed by atoms with E-state index in [1.54, 1.807) is 37.0 Å². The molecule has 0 fully saturated rings. The highest BCUT2D eigenvalue weighted by Crippen LogP contribution is 2.17. The Kier molecular flexibility index (Phi) is 2.19. The number of nitrogens with zero attached hydrogens (tertiary/aromatic N) is 2. The number of rotatable bonds is 2. The van der Waals surface area contributed by atoms with E-state index in [-0.39, 0.29) is 5.78 Å². The van der Waals surface area contributed by atoms with Crippen LogP contribution >= 0.6 is 0 Å².